The van der Waals surface area contributed by atoms with Crippen LogP contribution >= 0.6 is 0 Å². The SMILES string of the molecule is Cc1ccc2cc(CNc3cnccc3C)ccc2n1. The monoisotopic (exact) mass is 263 g/mol. The summed E-state index contributed by atoms with van der Waals surface area (Å²) in [6.45, 7) is 4.88. The Balaban J connectivity index is 1.81. The van der Waals surface area contributed by atoms with E-state index in [0.29, 0.717) is 0 Å². The fourth-order valence-electron chi connectivity index (χ4n) is 2.23. The highest BCUT2D eigenvalue weighted by Crippen LogP contribution is 2.17. The lowest BCUT2D eigenvalue weighted by Crippen LogP contribution is -2.01. The second-order valence-electron chi connectivity index (χ2n) is 5.02. The van der Waals surface area contributed by atoms with Gasteiger partial charge < -0.3 is 5.32 Å². The molecule has 2 aromatic heterocycles. The number of fused-ring (bicyclic) bond motifs is 1. The van der Waals surface area contributed by atoms with E-state index in [-0.39, 0.29) is 0 Å². The van der Waals surface area contributed by atoms with Crippen LogP contribution in [0.4, 0.5) is 5.69 Å². The van der Waals surface area contributed by atoms with Crippen LogP contribution < -0.4 is 5.32 Å². The maximum Gasteiger partial charge on any atom is 0.0705 e. The van der Waals surface area contributed by atoms with Crippen LogP contribution in [0.3, 0.4) is 0 Å². The molecule has 3 rings (SSSR count). The zero-order valence-corrected chi connectivity index (χ0v) is 11.7. The van der Waals surface area contributed by atoms with Crippen LogP contribution in [0.15, 0.2) is 48.8 Å². The summed E-state index contributed by atoms with van der Waals surface area (Å²) >= 11 is 0. The fourth-order valence-corrected chi connectivity index (χ4v) is 2.23. The van der Waals surface area contributed by atoms with E-state index in [9.17, 15) is 0 Å². The second-order valence-corrected chi connectivity index (χ2v) is 5.02. The number of aromatic nitrogens is 2. The highest BCUT2D eigenvalue weighted by molar-refractivity contribution is 5.79. The number of nitrogens with zero attached hydrogens (tertiary/aromatic N) is 2. The van der Waals surface area contributed by atoms with Crippen LogP contribution in [-0.4, -0.2) is 9.97 Å². The fraction of sp³-hybridized carbons (Fsp3) is 0.176. The molecule has 1 aromatic carbocycles. The van der Waals surface area contributed by atoms with Crippen LogP contribution in [0.1, 0.15) is 16.8 Å². The predicted molar refractivity (Wildman–Crippen MR) is 82.8 cm³/mol. The molecule has 1 N–H and O–H groups in total. The highest BCUT2D eigenvalue weighted by Gasteiger charge is 2.00. The minimum absolute atomic E-state index is 0.788. The van der Waals surface area contributed by atoms with Crippen molar-refractivity contribution < 1.29 is 0 Å². The number of anilines is 1. The van der Waals surface area contributed by atoms with Crippen molar-refractivity contribution in [2.45, 2.75) is 20.4 Å². The van der Waals surface area contributed by atoms with Crippen LogP contribution in [-0.2, 0) is 6.54 Å². The zero-order chi connectivity index (χ0) is 13.9. The Bertz CT molecular complexity index is 750. The number of nitrogens with one attached hydrogen (secondary N) is 1. The van der Waals surface area contributed by atoms with E-state index < -0.39 is 0 Å². The zero-order valence-electron chi connectivity index (χ0n) is 11.7. The summed E-state index contributed by atoms with van der Waals surface area (Å²) < 4.78 is 0. The second kappa shape index (κ2) is 5.29. The first-order chi connectivity index (χ1) is 9.72. The summed E-state index contributed by atoms with van der Waals surface area (Å²) in [6.07, 6.45) is 3.67. The molecule has 2 heterocycles. The van der Waals surface area contributed by atoms with Crippen molar-refractivity contribution in [1.29, 1.82) is 0 Å². The molecule has 3 nitrogen and oxygen atoms in total. The summed E-state index contributed by atoms with van der Waals surface area (Å²) in [5.41, 5.74) is 5.62. The molecule has 0 radical (unpaired) electrons. The topological polar surface area (TPSA) is 37.8 Å². The molecule has 0 atom stereocenters. The first-order valence-electron chi connectivity index (χ1n) is 6.73. The molecule has 20 heavy (non-hydrogen) atoms. The third kappa shape index (κ3) is 2.62. The van der Waals surface area contributed by atoms with Crippen molar-refractivity contribution in [2.75, 3.05) is 5.32 Å². The molecular formula is C17H17N3. The third-order valence-corrected chi connectivity index (χ3v) is 3.41. The summed E-state index contributed by atoms with van der Waals surface area (Å²) in [5.74, 6) is 0. The van der Waals surface area contributed by atoms with Gasteiger partial charge in [-0.1, -0.05) is 12.1 Å². The van der Waals surface area contributed by atoms with Gasteiger partial charge in [-0.15, -0.1) is 0 Å². The number of hydrogen-bond acceptors (Lipinski definition) is 3. The number of aryl methyl sites for hydroxylation is 2. The molecule has 3 heteroatoms. The maximum absolute atomic E-state index is 4.52. The van der Waals surface area contributed by atoms with Gasteiger partial charge in [0.25, 0.3) is 0 Å². The van der Waals surface area contributed by atoms with Gasteiger partial charge in [-0.2, -0.15) is 0 Å². The van der Waals surface area contributed by atoms with Crippen molar-refractivity contribution in [3.05, 3.63) is 65.6 Å². The number of pyridine rings is 2. The predicted octanol–water partition coefficient (Wildman–Crippen LogP) is 3.86. The van der Waals surface area contributed by atoms with Crippen molar-refractivity contribution in [1.82, 2.24) is 9.97 Å². The standard InChI is InChI=1S/C17H17N3/c1-12-7-8-18-11-17(12)19-10-14-4-6-16-15(9-14)5-3-13(2)20-16/h3-9,11,19H,10H2,1-2H3. The number of rotatable bonds is 3. The molecule has 0 bridgehead atoms. The molecule has 0 unspecified atom stereocenters. The van der Waals surface area contributed by atoms with E-state index in [1.807, 2.05) is 31.5 Å². The van der Waals surface area contributed by atoms with Crippen molar-refractivity contribution in [3.63, 3.8) is 0 Å². The molecule has 0 amide bonds. The van der Waals surface area contributed by atoms with Crippen molar-refractivity contribution >= 4 is 16.6 Å². The van der Waals surface area contributed by atoms with Gasteiger partial charge in [-0.25, -0.2) is 0 Å². The van der Waals surface area contributed by atoms with Crippen LogP contribution in [0.5, 0.6) is 0 Å². The Morgan fingerprint density at radius 3 is 2.80 bits per heavy atom. The number of benzene rings is 1. The summed E-state index contributed by atoms with van der Waals surface area (Å²) in [5, 5.41) is 4.60. The lowest BCUT2D eigenvalue weighted by Gasteiger charge is -2.09. The van der Waals surface area contributed by atoms with E-state index in [0.717, 1.165) is 23.4 Å². The van der Waals surface area contributed by atoms with E-state index in [2.05, 4.69) is 46.5 Å². The van der Waals surface area contributed by atoms with Gasteiger partial charge in [-0.05, 0) is 49.2 Å². The van der Waals surface area contributed by atoms with E-state index in [1.165, 1.54) is 16.5 Å². The van der Waals surface area contributed by atoms with Gasteiger partial charge >= 0.3 is 0 Å². The molecule has 100 valence electrons. The molecule has 0 aliphatic rings. The van der Waals surface area contributed by atoms with Crippen molar-refractivity contribution in [2.24, 2.45) is 0 Å². The molecule has 0 aliphatic heterocycles. The molecular weight excluding hydrogens is 246 g/mol. The van der Waals surface area contributed by atoms with Gasteiger partial charge in [0.05, 0.1) is 17.4 Å². The lowest BCUT2D eigenvalue weighted by atomic mass is 10.1. The van der Waals surface area contributed by atoms with Crippen molar-refractivity contribution in [3.8, 4) is 0 Å². The molecule has 0 aliphatic carbocycles. The van der Waals surface area contributed by atoms with Crippen LogP contribution in [0, 0.1) is 13.8 Å². The Morgan fingerprint density at radius 1 is 1.05 bits per heavy atom. The Kier molecular flexibility index (Phi) is 3.33. The van der Waals surface area contributed by atoms with E-state index in [1.54, 1.807) is 0 Å². The van der Waals surface area contributed by atoms with Gasteiger partial charge in [0.2, 0.25) is 0 Å². The first-order valence-corrected chi connectivity index (χ1v) is 6.73. The maximum atomic E-state index is 4.52. The lowest BCUT2D eigenvalue weighted by molar-refractivity contribution is 1.13. The minimum atomic E-state index is 0.788. The smallest absolute Gasteiger partial charge is 0.0705 e. The Labute approximate surface area is 118 Å². The summed E-state index contributed by atoms with van der Waals surface area (Å²) in [7, 11) is 0. The molecule has 0 saturated heterocycles. The first kappa shape index (κ1) is 12.6. The largest absolute Gasteiger partial charge is 0.380 e. The van der Waals surface area contributed by atoms with Crippen LogP contribution in [0.2, 0.25) is 0 Å². The normalized spacial score (nSPS) is 10.7. The van der Waals surface area contributed by atoms with Gasteiger partial charge in [0, 0.05) is 23.8 Å². The quantitative estimate of drug-likeness (QED) is 0.779. The minimum Gasteiger partial charge on any atom is -0.380 e. The van der Waals surface area contributed by atoms with Gasteiger partial charge in [0.1, 0.15) is 0 Å². The molecule has 0 spiro atoms. The summed E-state index contributed by atoms with van der Waals surface area (Å²) in [4.78, 5) is 8.66. The molecule has 0 saturated carbocycles. The van der Waals surface area contributed by atoms with Crippen LogP contribution in [0.25, 0.3) is 10.9 Å². The summed E-state index contributed by atoms with van der Waals surface area (Å²) in [6, 6.07) is 12.6. The molecule has 3 aromatic rings. The Hall–Kier alpha value is -2.42. The van der Waals surface area contributed by atoms with E-state index in [4.69, 9.17) is 0 Å². The van der Waals surface area contributed by atoms with Gasteiger partial charge in [0.15, 0.2) is 0 Å². The average molecular weight is 263 g/mol. The molecule has 0 fully saturated rings. The number of hydrogen-bond donors (Lipinski definition) is 1. The Morgan fingerprint density at radius 2 is 1.95 bits per heavy atom. The third-order valence-electron chi connectivity index (χ3n) is 3.41. The average Bonchev–Trinajstić information content (AvgIpc) is 2.46. The van der Waals surface area contributed by atoms with Gasteiger partial charge in [-0.3, -0.25) is 9.97 Å². The highest BCUT2D eigenvalue weighted by atomic mass is 14.9. The van der Waals surface area contributed by atoms with E-state index >= 15 is 0 Å².